The third-order valence-corrected chi connectivity index (χ3v) is 3.33. The van der Waals surface area contributed by atoms with E-state index in [2.05, 4.69) is 29.6 Å². The number of rotatable bonds is 0. The van der Waals surface area contributed by atoms with Gasteiger partial charge in [0.1, 0.15) is 0 Å². The van der Waals surface area contributed by atoms with Crippen LogP contribution in [0.2, 0.25) is 0 Å². The van der Waals surface area contributed by atoms with E-state index in [9.17, 15) is 0 Å². The Hall–Kier alpha value is -0.860. The zero-order valence-corrected chi connectivity index (χ0v) is 8.20. The summed E-state index contributed by atoms with van der Waals surface area (Å²) in [6.07, 6.45) is 1.60. The number of fused-ring (bicyclic) bond motifs is 3. The van der Waals surface area contributed by atoms with Crippen molar-refractivity contribution in [3.05, 3.63) is 35.4 Å². The van der Waals surface area contributed by atoms with Crippen molar-refractivity contribution in [2.45, 2.75) is 25.0 Å². The van der Waals surface area contributed by atoms with Crippen LogP contribution in [-0.4, -0.2) is 19.2 Å². The average Bonchev–Trinajstić information content (AvgIpc) is 2.29. The molecule has 2 heterocycles. The maximum atomic E-state index is 5.87. The third kappa shape index (κ3) is 1.26. The minimum absolute atomic E-state index is 0.450. The Morgan fingerprint density at radius 2 is 2.21 bits per heavy atom. The average molecular weight is 189 g/mol. The highest BCUT2D eigenvalue weighted by atomic mass is 16.5. The first kappa shape index (κ1) is 8.45. The highest BCUT2D eigenvalue weighted by Gasteiger charge is 2.31. The number of nitrogens with one attached hydrogen (secondary N) is 1. The van der Waals surface area contributed by atoms with Gasteiger partial charge in [0.05, 0.1) is 12.7 Å². The zero-order valence-electron chi connectivity index (χ0n) is 8.20. The fourth-order valence-corrected chi connectivity index (χ4v) is 2.57. The van der Waals surface area contributed by atoms with Gasteiger partial charge in [0.15, 0.2) is 0 Å². The molecule has 0 spiro atoms. The molecule has 3 rings (SSSR count). The molecule has 14 heavy (non-hydrogen) atoms. The van der Waals surface area contributed by atoms with Gasteiger partial charge in [0.2, 0.25) is 0 Å². The fourth-order valence-electron chi connectivity index (χ4n) is 2.57. The maximum absolute atomic E-state index is 5.87. The summed E-state index contributed by atoms with van der Waals surface area (Å²) < 4.78 is 5.87. The molecule has 0 aromatic heterocycles. The van der Waals surface area contributed by atoms with E-state index < -0.39 is 0 Å². The molecule has 0 unspecified atom stereocenters. The van der Waals surface area contributed by atoms with Crippen molar-refractivity contribution in [3.63, 3.8) is 0 Å². The second-order valence-corrected chi connectivity index (χ2v) is 4.15. The van der Waals surface area contributed by atoms with Crippen LogP contribution in [0.4, 0.5) is 0 Å². The van der Waals surface area contributed by atoms with Crippen LogP contribution in [0.5, 0.6) is 0 Å². The van der Waals surface area contributed by atoms with Crippen LogP contribution in [0.25, 0.3) is 0 Å². The van der Waals surface area contributed by atoms with E-state index in [1.807, 2.05) is 0 Å². The van der Waals surface area contributed by atoms with Crippen molar-refractivity contribution in [1.29, 1.82) is 0 Å². The van der Waals surface area contributed by atoms with Gasteiger partial charge in [-0.3, -0.25) is 0 Å². The smallest absolute Gasteiger partial charge is 0.0723 e. The van der Waals surface area contributed by atoms with Gasteiger partial charge in [-0.2, -0.15) is 0 Å². The van der Waals surface area contributed by atoms with Crippen molar-refractivity contribution in [3.8, 4) is 0 Å². The predicted octanol–water partition coefficient (Wildman–Crippen LogP) is 1.66. The van der Waals surface area contributed by atoms with Crippen LogP contribution < -0.4 is 5.32 Å². The van der Waals surface area contributed by atoms with Crippen molar-refractivity contribution in [1.82, 2.24) is 5.32 Å². The summed E-state index contributed by atoms with van der Waals surface area (Å²) in [4.78, 5) is 0. The van der Waals surface area contributed by atoms with E-state index >= 15 is 0 Å². The number of ether oxygens (including phenoxy) is 1. The lowest BCUT2D eigenvalue weighted by atomic mass is 9.84. The van der Waals surface area contributed by atoms with E-state index in [0.717, 1.165) is 26.1 Å². The van der Waals surface area contributed by atoms with Gasteiger partial charge < -0.3 is 10.1 Å². The molecular weight excluding hydrogens is 174 g/mol. The quantitative estimate of drug-likeness (QED) is 0.670. The zero-order chi connectivity index (χ0) is 9.38. The van der Waals surface area contributed by atoms with Gasteiger partial charge in [-0.1, -0.05) is 24.3 Å². The highest BCUT2D eigenvalue weighted by Crippen LogP contribution is 2.33. The molecule has 0 bridgehead atoms. The van der Waals surface area contributed by atoms with Crippen LogP contribution >= 0.6 is 0 Å². The highest BCUT2D eigenvalue weighted by molar-refractivity contribution is 5.33. The van der Waals surface area contributed by atoms with Gasteiger partial charge in [-0.15, -0.1) is 0 Å². The van der Waals surface area contributed by atoms with Crippen molar-refractivity contribution >= 4 is 0 Å². The van der Waals surface area contributed by atoms with E-state index in [1.165, 1.54) is 11.1 Å². The molecule has 0 amide bonds. The molecule has 1 N–H and O–H groups in total. The van der Waals surface area contributed by atoms with Crippen LogP contribution in [0, 0.1) is 0 Å². The molecule has 74 valence electrons. The first-order valence-electron chi connectivity index (χ1n) is 5.35. The largest absolute Gasteiger partial charge is 0.373 e. The Labute approximate surface area is 84.3 Å². The Morgan fingerprint density at radius 3 is 3.21 bits per heavy atom. The van der Waals surface area contributed by atoms with E-state index in [1.54, 1.807) is 0 Å². The Bertz CT molecular complexity index is 337. The molecule has 1 fully saturated rings. The van der Waals surface area contributed by atoms with E-state index in [4.69, 9.17) is 4.74 Å². The van der Waals surface area contributed by atoms with Crippen LogP contribution in [0.1, 0.15) is 23.5 Å². The van der Waals surface area contributed by atoms with Crippen LogP contribution in [-0.2, 0) is 11.3 Å². The monoisotopic (exact) mass is 189 g/mol. The molecule has 1 saturated heterocycles. The van der Waals surface area contributed by atoms with Gasteiger partial charge in [0.25, 0.3) is 0 Å². The van der Waals surface area contributed by atoms with E-state index in [0.29, 0.717) is 12.0 Å². The summed E-state index contributed by atoms with van der Waals surface area (Å²) in [6, 6.07) is 8.66. The maximum Gasteiger partial charge on any atom is 0.0723 e. The molecule has 0 aliphatic carbocycles. The Kier molecular flexibility index (Phi) is 2.03. The molecule has 2 nitrogen and oxygen atoms in total. The lowest BCUT2D eigenvalue weighted by Gasteiger charge is -2.37. The van der Waals surface area contributed by atoms with Crippen molar-refractivity contribution in [2.24, 2.45) is 0 Å². The number of hydrogen-bond acceptors (Lipinski definition) is 2. The molecule has 1 aromatic carbocycles. The SMILES string of the molecule is c1ccc2c(c1)CO[C@H]1CCNC[C@H]21. The van der Waals surface area contributed by atoms with E-state index in [-0.39, 0.29) is 0 Å². The molecule has 0 saturated carbocycles. The molecule has 0 radical (unpaired) electrons. The van der Waals surface area contributed by atoms with Crippen molar-refractivity contribution in [2.75, 3.05) is 13.1 Å². The van der Waals surface area contributed by atoms with Crippen LogP contribution in [0.15, 0.2) is 24.3 Å². The Morgan fingerprint density at radius 1 is 1.29 bits per heavy atom. The topological polar surface area (TPSA) is 21.3 Å². The van der Waals surface area contributed by atoms with Crippen LogP contribution in [0.3, 0.4) is 0 Å². The molecule has 1 aromatic rings. The van der Waals surface area contributed by atoms with Crippen molar-refractivity contribution < 1.29 is 4.74 Å². The summed E-state index contributed by atoms with van der Waals surface area (Å²) in [6.45, 7) is 2.97. The molecule has 2 heteroatoms. The number of benzene rings is 1. The lowest BCUT2D eigenvalue weighted by molar-refractivity contribution is -0.00680. The summed E-state index contributed by atoms with van der Waals surface area (Å²) in [5.74, 6) is 0.577. The fraction of sp³-hybridized carbons (Fsp3) is 0.500. The minimum atomic E-state index is 0.450. The summed E-state index contributed by atoms with van der Waals surface area (Å²) in [5, 5.41) is 3.44. The van der Waals surface area contributed by atoms with Gasteiger partial charge in [-0.25, -0.2) is 0 Å². The van der Waals surface area contributed by atoms with Gasteiger partial charge in [0, 0.05) is 12.5 Å². The first-order valence-corrected chi connectivity index (χ1v) is 5.35. The normalized spacial score (nSPS) is 30.6. The lowest BCUT2D eigenvalue weighted by Crippen LogP contribution is -2.42. The van der Waals surface area contributed by atoms with Gasteiger partial charge in [-0.05, 0) is 24.1 Å². The molecular formula is C12H15NO. The third-order valence-electron chi connectivity index (χ3n) is 3.33. The predicted molar refractivity (Wildman–Crippen MR) is 55.2 cm³/mol. The summed E-state index contributed by atoms with van der Waals surface area (Å²) >= 11 is 0. The number of hydrogen-bond donors (Lipinski definition) is 1. The second kappa shape index (κ2) is 3.37. The molecule has 2 atom stereocenters. The minimum Gasteiger partial charge on any atom is -0.373 e. The summed E-state index contributed by atoms with van der Waals surface area (Å²) in [5.41, 5.74) is 2.87. The molecule has 2 aliphatic rings. The molecule has 2 aliphatic heterocycles. The summed E-state index contributed by atoms with van der Waals surface area (Å²) in [7, 11) is 0. The standard InChI is InChI=1S/C12H15NO/c1-2-4-10-9(3-1)8-14-12-5-6-13-7-11(10)12/h1-4,11-13H,5-8H2/t11-,12+/m1/s1. The first-order chi connectivity index (χ1) is 6.95. The van der Waals surface area contributed by atoms with Gasteiger partial charge >= 0.3 is 0 Å². The Balaban J connectivity index is 1.99. The number of piperidine rings is 1. The second-order valence-electron chi connectivity index (χ2n) is 4.15.